The normalized spacial score (nSPS) is 20.2. The fourth-order valence-electron chi connectivity index (χ4n) is 2.39. The lowest BCUT2D eigenvalue weighted by Gasteiger charge is -2.29. The number of aromatic nitrogens is 1. The number of hydrogen-bond acceptors (Lipinski definition) is 5. The summed E-state index contributed by atoms with van der Waals surface area (Å²) in [5.74, 6) is 1.39. The van der Waals surface area contributed by atoms with Gasteiger partial charge >= 0.3 is 0 Å². The molecule has 3 heterocycles. The Morgan fingerprint density at radius 1 is 1.42 bits per heavy atom. The lowest BCUT2D eigenvalue weighted by atomic mass is 10.1. The predicted octanol–water partition coefficient (Wildman–Crippen LogP) is 2.28. The van der Waals surface area contributed by atoms with Gasteiger partial charge in [-0.1, -0.05) is 5.16 Å². The van der Waals surface area contributed by atoms with Crippen molar-refractivity contribution in [1.29, 1.82) is 0 Å². The van der Waals surface area contributed by atoms with E-state index in [2.05, 4.69) is 10.1 Å². The molecule has 0 bridgehead atoms. The van der Waals surface area contributed by atoms with Crippen molar-refractivity contribution in [2.75, 3.05) is 13.1 Å². The van der Waals surface area contributed by atoms with Crippen molar-refractivity contribution < 1.29 is 8.94 Å². The van der Waals surface area contributed by atoms with E-state index in [4.69, 9.17) is 14.7 Å². The summed E-state index contributed by atoms with van der Waals surface area (Å²) >= 11 is 0. The molecule has 19 heavy (non-hydrogen) atoms. The van der Waals surface area contributed by atoms with Gasteiger partial charge in [0.25, 0.3) is 0 Å². The molecule has 1 saturated heterocycles. The van der Waals surface area contributed by atoms with Crippen LogP contribution in [0.3, 0.4) is 0 Å². The van der Waals surface area contributed by atoms with Crippen molar-refractivity contribution in [3.8, 4) is 11.5 Å². The molecule has 2 aromatic heterocycles. The first-order valence-corrected chi connectivity index (χ1v) is 6.28. The number of furan rings is 1. The van der Waals surface area contributed by atoms with E-state index in [1.807, 2.05) is 18.2 Å². The van der Waals surface area contributed by atoms with E-state index in [1.54, 1.807) is 6.26 Å². The third-order valence-corrected chi connectivity index (χ3v) is 3.25. The van der Waals surface area contributed by atoms with Crippen molar-refractivity contribution in [2.24, 2.45) is 5.73 Å². The van der Waals surface area contributed by atoms with Gasteiger partial charge in [0, 0.05) is 25.2 Å². The van der Waals surface area contributed by atoms with E-state index >= 15 is 0 Å². The number of likely N-dealkylation sites (tertiary alicyclic amines) is 1. The fourth-order valence-corrected chi connectivity index (χ4v) is 2.39. The third kappa shape index (κ3) is 3.37. The predicted molar refractivity (Wildman–Crippen MR) is 73.9 cm³/mol. The van der Waals surface area contributed by atoms with Gasteiger partial charge in [0.1, 0.15) is 0 Å². The molecule has 0 aliphatic carbocycles. The van der Waals surface area contributed by atoms with Crippen molar-refractivity contribution in [3.05, 3.63) is 30.2 Å². The summed E-state index contributed by atoms with van der Waals surface area (Å²) in [6, 6.07) is 5.91. The maximum absolute atomic E-state index is 5.96. The van der Waals surface area contributed by atoms with Crippen LogP contribution in [0.2, 0.25) is 0 Å². The molecule has 0 radical (unpaired) electrons. The summed E-state index contributed by atoms with van der Waals surface area (Å²) in [6.45, 7) is 2.80. The van der Waals surface area contributed by atoms with Gasteiger partial charge in [0.15, 0.2) is 5.76 Å². The van der Waals surface area contributed by atoms with Crippen molar-refractivity contribution in [1.82, 2.24) is 10.1 Å². The summed E-state index contributed by atoms with van der Waals surface area (Å²) in [4.78, 5) is 2.32. The minimum absolute atomic E-state index is 0. The summed E-state index contributed by atoms with van der Waals surface area (Å²) in [6.07, 6.45) is 3.90. The zero-order valence-corrected chi connectivity index (χ0v) is 11.4. The zero-order chi connectivity index (χ0) is 12.4. The summed E-state index contributed by atoms with van der Waals surface area (Å²) in [5.41, 5.74) is 6.89. The number of piperidine rings is 1. The van der Waals surface area contributed by atoms with Gasteiger partial charge in [0.05, 0.1) is 12.0 Å². The van der Waals surface area contributed by atoms with Crippen LogP contribution in [0, 0.1) is 0 Å². The number of rotatable bonds is 3. The Morgan fingerprint density at radius 3 is 3.05 bits per heavy atom. The van der Waals surface area contributed by atoms with Gasteiger partial charge in [0.2, 0.25) is 5.76 Å². The maximum atomic E-state index is 5.96. The van der Waals surface area contributed by atoms with E-state index in [9.17, 15) is 0 Å². The first-order chi connectivity index (χ1) is 8.81. The molecule has 2 N–H and O–H groups in total. The molecule has 0 saturated carbocycles. The second kappa shape index (κ2) is 6.23. The summed E-state index contributed by atoms with van der Waals surface area (Å²) < 4.78 is 10.5. The average molecular weight is 284 g/mol. The SMILES string of the molecule is Cl.NC1CCCN(Cc2cc(-c3ccco3)on2)C1. The van der Waals surface area contributed by atoms with Gasteiger partial charge in [-0.25, -0.2) is 0 Å². The second-order valence-corrected chi connectivity index (χ2v) is 4.80. The van der Waals surface area contributed by atoms with Gasteiger partial charge < -0.3 is 14.7 Å². The van der Waals surface area contributed by atoms with Crippen LogP contribution in [0.25, 0.3) is 11.5 Å². The molecule has 104 valence electrons. The molecule has 1 atom stereocenters. The molecular formula is C13H18ClN3O2. The average Bonchev–Trinajstić information content (AvgIpc) is 2.98. The van der Waals surface area contributed by atoms with Gasteiger partial charge in [-0.05, 0) is 31.5 Å². The Labute approximate surface area is 118 Å². The first-order valence-electron chi connectivity index (χ1n) is 6.28. The zero-order valence-electron chi connectivity index (χ0n) is 10.6. The highest BCUT2D eigenvalue weighted by molar-refractivity contribution is 5.85. The van der Waals surface area contributed by atoms with E-state index in [1.165, 1.54) is 0 Å². The number of nitrogens with zero attached hydrogens (tertiary/aromatic N) is 2. The third-order valence-electron chi connectivity index (χ3n) is 3.25. The minimum Gasteiger partial charge on any atom is -0.461 e. The Bertz CT molecular complexity index is 498. The Balaban J connectivity index is 0.00000133. The smallest absolute Gasteiger partial charge is 0.202 e. The number of halogens is 1. The Kier molecular flexibility index (Phi) is 4.63. The summed E-state index contributed by atoms with van der Waals surface area (Å²) in [5, 5.41) is 4.07. The van der Waals surface area contributed by atoms with E-state index in [0.29, 0.717) is 11.5 Å². The molecule has 1 aliphatic rings. The maximum Gasteiger partial charge on any atom is 0.202 e. The minimum atomic E-state index is 0. The standard InChI is InChI=1S/C13H17N3O2.ClH/c14-10-3-1-5-16(8-10)9-11-7-13(18-15-11)12-4-2-6-17-12;/h2,4,6-7,10H,1,3,5,8-9,14H2;1H. The molecule has 0 amide bonds. The molecule has 1 aliphatic heterocycles. The van der Waals surface area contributed by atoms with Crippen LogP contribution < -0.4 is 5.73 Å². The molecule has 1 fully saturated rings. The molecule has 1 unspecified atom stereocenters. The topological polar surface area (TPSA) is 68.4 Å². The Morgan fingerprint density at radius 2 is 2.32 bits per heavy atom. The largest absolute Gasteiger partial charge is 0.461 e. The van der Waals surface area contributed by atoms with E-state index in [0.717, 1.165) is 38.2 Å². The van der Waals surface area contributed by atoms with Gasteiger partial charge in [-0.15, -0.1) is 12.4 Å². The van der Waals surface area contributed by atoms with Crippen LogP contribution in [-0.4, -0.2) is 29.2 Å². The van der Waals surface area contributed by atoms with Crippen LogP contribution >= 0.6 is 12.4 Å². The quantitative estimate of drug-likeness (QED) is 0.936. The van der Waals surface area contributed by atoms with Gasteiger partial charge in [-0.2, -0.15) is 0 Å². The number of hydrogen-bond donors (Lipinski definition) is 1. The van der Waals surface area contributed by atoms with Crippen molar-refractivity contribution in [2.45, 2.75) is 25.4 Å². The monoisotopic (exact) mass is 283 g/mol. The van der Waals surface area contributed by atoms with E-state index < -0.39 is 0 Å². The van der Waals surface area contributed by atoms with Crippen molar-refractivity contribution in [3.63, 3.8) is 0 Å². The molecule has 2 aromatic rings. The van der Waals surface area contributed by atoms with Crippen LogP contribution in [0.15, 0.2) is 33.4 Å². The van der Waals surface area contributed by atoms with Gasteiger partial charge in [-0.3, -0.25) is 4.90 Å². The molecule has 3 rings (SSSR count). The van der Waals surface area contributed by atoms with Crippen LogP contribution in [-0.2, 0) is 6.54 Å². The van der Waals surface area contributed by atoms with Crippen LogP contribution in [0.4, 0.5) is 0 Å². The number of nitrogens with two attached hydrogens (primary N) is 1. The van der Waals surface area contributed by atoms with E-state index in [-0.39, 0.29) is 18.4 Å². The first kappa shape index (κ1) is 14.1. The molecule has 0 spiro atoms. The fraction of sp³-hybridized carbons (Fsp3) is 0.462. The lowest BCUT2D eigenvalue weighted by Crippen LogP contribution is -2.42. The second-order valence-electron chi connectivity index (χ2n) is 4.80. The molecular weight excluding hydrogens is 266 g/mol. The Hall–Kier alpha value is -1.30. The molecule has 6 heteroatoms. The van der Waals surface area contributed by atoms with Crippen LogP contribution in [0.1, 0.15) is 18.5 Å². The highest BCUT2D eigenvalue weighted by Crippen LogP contribution is 2.21. The summed E-state index contributed by atoms with van der Waals surface area (Å²) in [7, 11) is 0. The molecule has 5 nitrogen and oxygen atoms in total. The van der Waals surface area contributed by atoms with Crippen LogP contribution in [0.5, 0.6) is 0 Å². The highest BCUT2D eigenvalue weighted by atomic mass is 35.5. The highest BCUT2D eigenvalue weighted by Gasteiger charge is 2.18. The molecule has 0 aromatic carbocycles. The van der Waals surface area contributed by atoms with Crippen molar-refractivity contribution >= 4 is 12.4 Å². The lowest BCUT2D eigenvalue weighted by molar-refractivity contribution is 0.196.